The molecule has 6 heteroatoms. The molecule has 3 nitrogen and oxygen atoms in total. The predicted octanol–water partition coefficient (Wildman–Crippen LogP) is 4.55. The SMILES string of the molecule is Cc1ccc(Oc2ccc(Br)cn2)c(OC(F)F)c1. The number of ether oxygens (including phenoxy) is 2. The fourth-order valence-corrected chi connectivity index (χ4v) is 1.66. The fourth-order valence-electron chi connectivity index (χ4n) is 1.42. The summed E-state index contributed by atoms with van der Waals surface area (Å²) in [4.78, 5) is 4.00. The van der Waals surface area contributed by atoms with E-state index in [-0.39, 0.29) is 11.5 Å². The first-order valence-electron chi connectivity index (χ1n) is 5.39. The summed E-state index contributed by atoms with van der Waals surface area (Å²) in [6, 6.07) is 8.16. The lowest BCUT2D eigenvalue weighted by Gasteiger charge is -2.11. The van der Waals surface area contributed by atoms with Crippen molar-refractivity contribution < 1.29 is 18.3 Å². The quantitative estimate of drug-likeness (QED) is 0.824. The van der Waals surface area contributed by atoms with Crippen LogP contribution in [-0.4, -0.2) is 11.6 Å². The summed E-state index contributed by atoms with van der Waals surface area (Å²) in [5.74, 6) is 0.478. The first-order chi connectivity index (χ1) is 9.04. The monoisotopic (exact) mass is 329 g/mol. The maximum absolute atomic E-state index is 12.3. The molecule has 0 radical (unpaired) electrons. The Bertz CT molecular complexity index is 561. The van der Waals surface area contributed by atoms with E-state index in [0.717, 1.165) is 10.0 Å². The smallest absolute Gasteiger partial charge is 0.387 e. The lowest BCUT2D eigenvalue weighted by Crippen LogP contribution is -2.03. The topological polar surface area (TPSA) is 31.4 Å². The van der Waals surface area contributed by atoms with E-state index in [1.165, 1.54) is 6.07 Å². The van der Waals surface area contributed by atoms with Gasteiger partial charge >= 0.3 is 6.61 Å². The average molecular weight is 330 g/mol. The molecule has 0 atom stereocenters. The van der Waals surface area contributed by atoms with Gasteiger partial charge in [-0.05, 0) is 46.6 Å². The summed E-state index contributed by atoms with van der Waals surface area (Å²) in [6.45, 7) is -1.12. The van der Waals surface area contributed by atoms with Crippen molar-refractivity contribution >= 4 is 15.9 Å². The zero-order valence-corrected chi connectivity index (χ0v) is 11.5. The van der Waals surface area contributed by atoms with Crippen LogP contribution in [0.15, 0.2) is 41.0 Å². The van der Waals surface area contributed by atoms with Crippen LogP contribution in [0.3, 0.4) is 0 Å². The summed E-state index contributed by atoms with van der Waals surface area (Å²) in [6.07, 6.45) is 1.55. The van der Waals surface area contributed by atoms with Crippen molar-refractivity contribution in [2.24, 2.45) is 0 Å². The molecule has 2 rings (SSSR count). The third-order valence-electron chi connectivity index (χ3n) is 2.23. The molecule has 0 fully saturated rings. The Hall–Kier alpha value is -1.69. The molecular formula is C13H10BrF2NO2. The molecule has 0 bridgehead atoms. The molecule has 1 aromatic carbocycles. The van der Waals surface area contributed by atoms with Gasteiger partial charge in [-0.1, -0.05) is 6.07 Å². The zero-order valence-electron chi connectivity index (χ0n) is 9.94. The first kappa shape index (κ1) is 13.7. The van der Waals surface area contributed by atoms with E-state index in [0.29, 0.717) is 5.88 Å². The Kier molecular flexibility index (Phi) is 4.31. The van der Waals surface area contributed by atoms with Crippen molar-refractivity contribution in [3.8, 4) is 17.4 Å². The van der Waals surface area contributed by atoms with Crippen LogP contribution in [-0.2, 0) is 0 Å². The Morgan fingerprint density at radius 3 is 2.58 bits per heavy atom. The molecule has 0 aliphatic rings. The van der Waals surface area contributed by atoms with E-state index in [2.05, 4.69) is 25.7 Å². The van der Waals surface area contributed by atoms with Gasteiger partial charge in [-0.25, -0.2) is 4.98 Å². The minimum Gasteiger partial charge on any atom is -0.435 e. The highest BCUT2D eigenvalue weighted by atomic mass is 79.9. The van der Waals surface area contributed by atoms with Gasteiger partial charge in [0.25, 0.3) is 0 Å². The second kappa shape index (κ2) is 5.97. The fraction of sp³-hybridized carbons (Fsp3) is 0.154. The largest absolute Gasteiger partial charge is 0.435 e. The van der Waals surface area contributed by atoms with Crippen molar-refractivity contribution in [1.82, 2.24) is 4.98 Å². The lowest BCUT2D eigenvalue weighted by atomic mass is 10.2. The van der Waals surface area contributed by atoms with Gasteiger partial charge in [0.05, 0.1) is 0 Å². The maximum Gasteiger partial charge on any atom is 0.387 e. The molecule has 0 spiro atoms. The number of hydrogen-bond donors (Lipinski definition) is 0. The number of hydrogen-bond acceptors (Lipinski definition) is 3. The van der Waals surface area contributed by atoms with Crippen molar-refractivity contribution in [3.63, 3.8) is 0 Å². The number of rotatable bonds is 4. The molecule has 1 aromatic heterocycles. The first-order valence-corrected chi connectivity index (χ1v) is 6.19. The van der Waals surface area contributed by atoms with Gasteiger partial charge in [0.2, 0.25) is 5.88 Å². The van der Waals surface area contributed by atoms with E-state index in [1.54, 1.807) is 37.4 Å². The highest BCUT2D eigenvalue weighted by Crippen LogP contribution is 2.32. The normalized spacial score (nSPS) is 10.6. The number of aromatic nitrogens is 1. The van der Waals surface area contributed by atoms with E-state index < -0.39 is 6.61 Å². The number of benzene rings is 1. The second-order valence-electron chi connectivity index (χ2n) is 3.75. The van der Waals surface area contributed by atoms with Crippen LogP contribution in [0.25, 0.3) is 0 Å². The van der Waals surface area contributed by atoms with Gasteiger partial charge in [-0.2, -0.15) is 8.78 Å². The Balaban J connectivity index is 2.26. The summed E-state index contributed by atoms with van der Waals surface area (Å²) in [5, 5.41) is 0. The van der Waals surface area contributed by atoms with Gasteiger partial charge in [-0.3, -0.25) is 0 Å². The average Bonchev–Trinajstić information content (AvgIpc) is 2.34. The van der Waals surface area contributed by atoms with Gasteiger partial charge < -0.3 is 9.47 Å². The van der Waals surface area contributed by atoms with Crippen LogP contribution in [0.2, 0.25) is 0 Å². The lowest BCUT2D eigenvalue weighted by molar-refractivity contribution is -0.0510. The summed E-state index contributed by atoms with van der Waals surface area (Å²) < 4.78 is 35.3. The van der Waals surface area contributed by atoms with E-state index in [9.17, 15) is 8.78 Å². The van der Waals surface area contributed by atoms with Gasteiger partial charge in [-0.15, -0.1) is 0 Å². The molecule has 0 saturated carbocycles. The molecule has 0 saturated heterocycles. The van der Waals surface area contributed by atoms with Crippen molar-refractivity contribution in [1.29, 1.82) is 0 Å². The number of alkyl halides is 2. The third kappa shape index (κ3) is 3.89. The third-order valence-corrected chi connectivity index (χ3v) is 2.70. The van der Waals surface area contributed by atoms with Crippen molar-refractivity contribution in [2.45, 2.75) is 13.5 Å². The Morgan fingerprint density at radius 2 is 1.95 bits per heavy atom. The highest BCUT2D eigenvalue weighted by molar-refractivity contribution is 9.10. The van der Waals surface area contributed by atoms with Gasteiger partial charge in [0, 0.05) is 16.7 Å². The molecule has 0 aliphatic carbocycles. The van der Waals surface area contributed by atoms with Crippen LogP contribution in [0, 0.1) is 6.92 Å². The maximum atomic E-state index is 12.3. The van der Waals surface area contributed by atoms with E-state index in [1.807, 2.05) is 0 Å². The molecule has 0 unspecified atom stereocenters. The minimum atomic E-state index is -2.90. The van der Waals surface area contributed by atoms with Gasteiger partial charge in [0.1, 0.15) is 0 Å². The summed E-state index contributed by atoms with van der Waals surface area (Å²) >= 11 is 3.25. The van der Waals surface area contributed by atoms with Crippen LogP contribution in [0.4, 0.5) is 8.78 Å². The summed E-state index contributed by atoms with van der Waals surface area (Å²) in [5.41, 5.74) is 0.798. The number of halogens is 3. The Labute approximate surface area is 117 Å². The predicted molar refractivity (Wildman–Crippen MR) is 69.8 cm³/mol. The zero-order chi connectivity index (χ0) is 13.8. The standard InChI is InChI=1S/C13H10BrF2NO2/c1-8-2-4-10(11(6-8)19-13(15)16)18-12-5-3-9(14)7-17-12/h2-7,13H,1H3. The second-order valence-corrected chi connectivity index (χ2v) is 4.66. The van der Waals surface area contributed by atoms with Crippen LogP contribution < -0.4 is 9.47 Å². The molecule has 0 aliphatic heterocycles. The van der Waals surface area contributed by atoms with Gasteiger partial charge in [0.15, 0.2) is 11.5 Å². The van der Waals surface area contributed by atoms with Crippen LogP contribution >= 0.6 is 15.9 Å². The molecule has 1 heterocycles. The molecule has 2 aromatic rings. The van der Waals surface area contributed by atoms with E-state index in [4.69, 9.17) is 4.74 Å². The molecular weight excluding hydrogens is 320 g/mol. The molecule has 0 N–H and O–H groups in total. The minimum absolute atomic E-state index is 0.0141. The van der Waals surface area contributed by atoms with Crippen molar-refractivity contribution in [3.05, 3.63) is 46.6 Å². The molecule has 0 amide bonds. The molecule has 19 heavy (non-hydrogen) atoms. The van der Waals surface area contributed by atoms with Crippen molar-refractivity contribution in [2.75, 3.05) is 0 Å². The Morgan fingerprint density at radius 1 is 1.16 bits per heavy atom. The molecule has 100 valence electrons. The van der Waals surface area contributed by atoms with E-state index >= 15 is 0 Å². The summed E-state index contributed by atoms with van der Waals surface area (Å²) in [7, 11) is 0. The number of pyridine rings is 1. The van der Waals surface area contributed by atoms with Crippen LogP contribution in [0.1, 0.15) is 5.56 Å². The van der Waals surface area contributed by atoms with Crippen LogP contribution in [0.5, 0.6) is 17.4 Å². The number of nitrogens with zero attached hydrogens (tertiary/aromatic N) is 1. The highest BCUT2D eigenvalue weighted by Gasteiger charge is 2.12. The number of aryl methyl sites for hydroxylation is 1.